The molecule has 96 valence electrons. The van der Waals surface area contributed by atoms with Crippen molar-refractivity contribution in [2.75, 3.05) is 11.9 Å². The third-order valence-corrected chi connectivity index (χ3v) is 3.99. The molecule has 1 aliphatic heterocycles. The highest BCUT2D eigenvalue weighted by molar-refractivity contribution is 8.01. The summed E-state index contributed by atoms with van der Waals surface area (Å²) in [7, 11) is 1.87. The first-order valence-electron chi connectivity index (χ1n) is 5.83. The summed E-state index contributed by atoms with van der Waals surface area (Å²) >= 11 is 1.50. The Morgan fingerprint density at radius 2 is 2.22 bits per heavy atom. The van der Waals surface area contributed by atoms with Crippen LogP contribution in [0.25, 0.3) is 0 Å². The zero-order chi connectivity index (χ0) is 13.3. The molecule has 1 N–H and O–H groups in total. The monoisotopic (exact) mass is 264 g/mol. The van der Waals surface area contributed by atoms with E-state index in [0.717, 1.165) is 10.5 Å². The van der Waals surface area contributed by atoms with Crippen molar-refractivity contribution in [3.05, 3.63) is 23.8 Å². The van der Waals surface area contributed by atoms with Gasteiger partial charge in [-0.3, -0.25) is 9.59 Å². The second kappa shape index (κ2) is 5.12. The predicted octanol–water partition coefficient (Wildman–Crippen LogP) is 1.78. The Morgan fingerprint density at radius 1 is 1.50 bits per heavy atom. The molecule has 0 bridgehead atoms. The van der Waals surface area contributed by atoms with Crippen molar-refractivity contribution >= 4 is 29.3 Å². The fourth-order valence-corrected chi connectivity index (χ4v) is 3.02. The van der Waals surface area contributed by atoms with Gasteiger partial charge >= 0.3 is 0 Å². The van der Waals surface area contributed by atoms with Crippen LogP contribution in [-0.4, -0.2) is 24.1 Å². The number of rotatable bonds is 2. The summed E-state index contributed by atoms with van der Waals surface area (Å²) in [5.74, 6) is -0.364. The highest BCUT2D eigenvalue weighted by Crippen LogP contribution is 2.39. The lowest BCUT2D eigenvalue weighted by atomic mass is 10.1. The van der Waals surface area contributed by atoms with E-state index < -0.39 is 0 Å². The van der Waals surface area contributed by atoms with Crippen molar-refractivity contribution in [1.82, 2.24) is 5.32 Å². The second-order valence-electron chi connectivity index (χ2n) is 4.29. The van der Waals surface area contributed by atoms with E-state index in [2.05, 4.69) is 5.32 Å². The Bertz CT molecular complexity index is 502. The molecule has 1 unspecified atom stereocenters. The number of nitrogens with zero attached hydrogens (tertiary/aromatic N) is 1. The number of carbonyl (C=O) groups excluding carboxylic acids is 2. The number of hydrogen-bond donors (Lipinski definition) is 1. The molecule has 1 aromatic rings. The molecular weight excluding hydrogens is 248 g/mol. The molecule has 18 heavy (non-hydrogen) atoms. The minimum Gasteiger partial charge on any atom is -0.316 e. The van der Waals surface area contributed by atoms with E-state index in [4.69, 9.17) is 0 Å². The van der Waals surface area contributed by atoms with Gasteiger partial charge in [-0.25, -0.2) is 4.90 Å². The maximum atomic E-state index is 12.1. The molecule has 5 heteroatoms. The highest BCUT2D eigenvalue weighted by Gasteiger charge is 2.33. The van der Waals surface area contributed by atoms with Crippen molar-refractivity contribution in [1.29, 1.82) is 0 Å². The van der Waals surface area contributed by atoms with Gasteiger partial charge in [0.2, 0.25) is 11.8 Å². The highest BCUT2D eigenvalue weighted by atomic mass is 32.2. The smallest absolute Gasteiger partial charge is 0.246 e. The largest absolute Gasteiger partial charge is 0.316 e. The number of benzene rings is 1. The van der Waals surface area contributed by atoms with Crippen molar-refractivity contribution in [2.24, 2.45) is 0 Å². The zero-order valence-corrected chi connectivity index (χ0v) is 11.5. The summed E-state index contributed by atoms with van der Waals surface area (Å²) in [4.78, 5) is 26.0. The predicted molar refractivity (Wildman–Crippen MR) is 72.7 cm³/mol. The van der Waals surface area contributed by atoms with Crippen LogP contribution in [-0.2, 0) is 16.1 Å². The lowest BCUT2D eigenvalue weighted by Crippen LogP contribution is -2.42. The summed E-state index contributed by atoms with van der Waals surface area (Å²) in [6.07, 6.45) is 0. The molecule has 0 radical (unpaired) electrons. The van der Waals surface area contributed by atoms with Crippen LogP contribution in [0.4, 0.5) is 5.69 Å². The SMILES string of the molecule is CNCc1ccc2c(c1)N(C(C)=O)C(=O)C(C)S2. The van der Waals surface area contributed by atoms with Crippen LogP contribution in [0, 0.1) is 0 Å². The quantitative estimate of drug-likeness (QED) is 0.884. The van der Waals surface area contributed by atoms with Crippen molar-refractivity contribution < 1.29 is 9.59 Å². The molecule has 0 saturated carbocycles. The van der Waals surface area contributed by atoms with E-state index in [0.29, 0.717) is 12.2 Å². The van der Waals surface area contributed by atoms with Crippen LogP contribution in [0.2, 0.25) is 0 Å². The van der Waals surface area contributed by atoms with Gasteiger partial charge in [0.15, 0.2) is 0 Å². The lowest BCUT2D eigenvalue weighted by Gasteiger charge is -2.30. The summed E-state index contributed by atoms with van der Waals surface area (Å²) in [5, 5.41) is 2.85. The maximum Gasteiger partial charge on any atom is 0.246 e. The number of thioether (sulfide) groups is 1. The molecule has 2 amide bonds. The molecule has 0 aromatic heterocycles. The van der Waals surface area contributed by atoms with E-state index in [9.17, 15) is 9.59 Å². The van der Waals surface area contributed by atoms with Crippen LogP contribution in [0.1, 0.15) is 19.4 Å². The second-order valence-corrected chi connectivity index (χ2v) is 5.67. The number of hydrogen-bond acceptors (Lipinski definition) is 4. The Balaban J connectivity index is 2.48. The summed E-state index contributed by atoms with van der Waals surface area (Å²) in [6.45, 7) is 3.97. The number of nitrogens with one attached hydrogen (secondary N) is 1. The fourth-order valence-electron chi connectivity index (χ4n) is 2.02. The standard InChI is InChI=1S/C13H16N2O2S/c1-8-13(17)15(9(2)16)11-6-10(7-14-3)4-5-12(11)18-8/h4-6,8,14H,7H2,1-3H3. The number of fused-ring (bicyclic) bond motifs is 1. The van der Waals surface area contributed by atoms with Gasteiger partial charge in [0.1, 0.15) is 0 Å². The zero-order valence-electron chi connectivity index (χ0n) is 10.7. The maximum absolute atomic E-state index is 12.1. The first-order chi connectivity index (χ1) is 8.54. The van der Waals surface area contributed by atoms with Crippen LogP contribution < -0.4 is 10.2 Å². The molecule has 4 nitrogen and oxygen atoms in total. The third kappa shape index (κ3) is 2.28. The number of carbonyl (C=O) groups is 2. The van der Waals surface area contributed by atoms with Crippen molar-refractivity contribution in [3.8, 4) is 0 Å². The van der Waals surface area contributed by atoms with Gasteiger partial charge in [0, 0.05) is 18.4 Å². The summed E-state index contributed by atoms with van der Waals surface area (Å²) in [6, 6.07) is 5.90. The van der Waals surface area contributed by atoms with E-state index in [-0.39, 0.29) is 17.1 Å². The van der Waals surface area contributed by atoms with Crippen LogP contribution in [0.15, 0.2) is 23.1 Å². The van der Waals surface area contributed by atoms with Gasteiger partial charge in [-0.1, -0.05) is 6.07 Å². The summed E-state index contributed by atoms with van der Waals surface area (Å²) < 4.78 is 0. The Hall–Kier alpha value is -1.33. The van der Waals surface area contributed by atoms with Gasteiger partial charge < -0.3 is 5.32 Å². The average molecular weight is 264 g/mol. The first-order valence-corrected chi connectivity index (χ1v) is 6.71. The van der Waals surface area contributed by atoms with Gasteiger partial charge in [0.25, 0.3) is 0 Å². The molecule has 1 heterocycles. The van der Waals surface area contributed by atoms with E-state index in [1.54, 1.807) is 0 Å². The normalized spacial score (nSPS) is 18.7. The third-order valence-electron chi connectivity index (χ3n) is 2.83. The molecule has 2 rings (SSSR count). The molecule has 1 aromatic carbocycles. The molecule has 0 aliphatic carbocycles. The Morgan fingerprint density at radius 3 is 2.83 bits per heavy atom. The van der Waals surface area contributed by atoms with Crippen molar-refractivity contribution in [3.63, 3.8) is 0 Å². The first kappa shape index (κ1) is 13.1. The Kier molecular flexibility index (Phi) is 3.73. The number of amides is 2. The molecule has 0 saturated heterocycles. The lowest BCUT2D eigenvalue weighted by molar-refractivity contribution is -0.125. The molecule has 1 atom stereocenters. The van der Waals surface area contributed by atoms with E-state index in [1.165, 1.54) is 23.6 Å². The summed E-state index contributed by atoms with van der Waals surface area (Å²) in [5.41, 5.74) is 1.77. The molecule has 0 fully saturated rings. The molecular formula is C13H16N2O2S. The minimum atomic E-state index is -0.227. The number of anilines is 1. The average Bonchev–Trinajstić information content (AvgIpc) is 2.31. The molecule has 1 aliphatic rings. The number of imide groups is 1. The van der Waals surface area contributed by atoms with E-state index >= 15 is 0 Å². The van der Waals surface area contributed by atoms with Gasteiger partial charge in [0.05, 0.1) is 10.9 Å². The van der Waals surface area contributed by atoms with Crippen LogP contribution in [0.5, 0.6) is 0 Å². The minimum absolute atomic E-state index is 0.137. The van der Waals surface area contributed by atoms with E-state index in [1.807, 2.05) is 32.2 Å². The van der Waals surface area contributed by atoms with Crippen LogP contribution in [0.3, 0.4) is 0 Å². The fraction of sp³-hybridized carbons (Fsp3) is 0.385. The van der Waals surface area contributed by atoms with Crippen molar-refractivity contribution in [2.45, 2.75) is 30.5 Å². The topological polar surface area (TPSA) is 49.4 Å². The van der Waals surface area contributed by atoms with Gasteiger partial charge in [-0.05, 0) is 31.7 Å². The Labute approximate surface area is 111 Å². The van der Waals surface area contributed by atoms with Gasteiger partial charge in [-0.15, -0.1) is 11.8 Å². The van der Waals surface area contributed by atoms with Crippen LogP contribution >= 0.6 is 11.8 Å². The van der Waals surface area contributed by atoms with Gasteiger partial charge in [-0.2, -0.15) is 0 Å². The molecule has 0 spiro atoms.